The summed E-state index contributed by atoms with van der Waals surface area (Å²) >= 11 is 5.95. The average molecular weight is 375 g/mol. The van der Waals surface area contributed by atoms with Crippen LogP contribution in [0, 0.1) is 5.92 Å². The second-order valence-electron chi connectivity index (χ2n) is 6.36. The van der Waals surface area contributed by atoms with Gasteiger partial charge in [-0.2, -0.15) is 0 Å². The highest BCUT2D eigenvalue weighted by Gasteiger charge is 2.25. The lowest BCUT2D eigenvalue weighted by Gasteiger charge is -2.22. The van der Waals surface area contributed by atoms with Crippen LogP contribution in [0.1, 0.15) is 32.3 Å². The van der Waals surface area contributed by atoms with Gasteiger partial charge in [-0.15, -0.1) is 0 Å². The van der Waals surface area contributed by atoms with Gasteiger partial charge in [0.05, 0.1) is 18.7 Å². The molecule has 6 heteroatoms. The van der Waals surface area contributed by atoms with E-state index in [-0.39, 0.29) is 23.7 Å². The van der Waals surface area contributed by atoms with Crippen molar-refractivity contribution in [2.45, 2.75) is 26.7 Å². The van der Waals surface area contributed by atoms with Crippen molar-refractivity contribution in [2.75, 3.05) is 17.7 Å². The molecule has 0 spiro atoms. The predicted octanol–water partition coefficient (Wildman–Crippen LogP) is 4.69. The Bertz CT molecular complexity index is 788. The van der Waals surface area contributed by atoms with Gasteiger partial charge < -0.3 is 15.4 Å². The zero-order chi connectivity index (χ0) is 19.3. The Morgan fingerprint density at radius 1 is 1.04 bits per heavy atom. The standard InChI is InChI=1S/C20H23ClN2O3/c1-12(2)19(14-5-7-15(21)8-6-14)20(25)23-17-11-16(22-13(3)24)9-10-18(17)26-4/h5-12,19H,1-4H3,(H,22,24)(H,23,25)/t19-/m0/s1. The van der Waals surface area contributed by atoms with Crippen molar-refractivity contribution in [2.24, 2.45) is 5.92 Å². The van der Waals surface area contributed by atoms with E-state index in [1.165, 1.54) is 14.0 Å². The number of anilines is 2. The van der Waals surface area contributed by atoms with Gasteiger partial charge in [0.2, 0.25) is 11.8 Å². The molecule has 0 heterocycles. The van der Waals surface area contributed by atoms with E-state index < -0.39 is 0 Å². The zero-order valence-corrected chi connectivity index (χ0v) is 16.1. The second-order valence-corrected chi connectivity index (χ2v) is 6.80. The van der Waals surface area contributed by atoms with E-state index in [9.17, 15) is 9.59 Å². The van der Waals surface area contributed by atoms with E-state index in [4.69, 9.17) is 16.3 Å². The molecule has 0 aromatic heterocycles. The number of halogens is 1. The number of nitrogens with one attached hydrogen (secondary N) is 2. The van der Waals surface area contributed by atoms with Crippen LogP contribution in [0.15, 0.2) is 42.5 Å². The number of hydrogen-bond acceptors (Lipinski definition) is 3. The summed E-state index contributed by atoms with van der Waals surface area (Å²) < 4.78 is 5.32. The minimum atomic E-state index is -0.346. The summed E-state index contributed by atoms with van der Waals surface area (Å²) in [6, 6.07) is 12.4. The summed E-state index contributed by atoms with van der Waals surface area (Å²) in [5, 5.41) is 6.25. The highest BCUT2D eigenvalue weighted by atomic mass is 35.5. The van der Waals surface area contributed by atoms with Gasteiger partial charge in [0.25, 0.3) is 0 Å². The maximum absolute atomic E-state index is 13.0. The summed E-state index contributed by atoms with van der Waals surface area (Å²) in [6.07, 6.45) is 0. The third kappa shape index (κ3) is 4.99. The third-order valence-electron chi connectivity index (χ3n) is 3.96. The monoisotopic (exact) mass is 374 g/mol. The molecule has 0 aliphatic rings. The Labute approximate surface area is 158 Å². The summed E-state index contributed by atoms with van der Waals surface area (Å²) in [5.74, 6) is -0.0811. The van der Waals surface area contributed by atoms with Crippen molar-refractivity contribution in [1.29, 1.82) is 0 Å². The Morgan fingerprint density at radius 2 is 1.69 bits per heavy atom. The minimum absolute atomic E-state index is 0.0840. The number of benzene rings is 2. The van der Waals surface area contributed by atoms with Crippen molar-refractivity contribution in [1.82, 2.24) is 0 Å². The fourth-order valence-corrected chi connectivity index (χ4v) is 2.93. The number of carbonyl (C=O) groups excluding carboxylic acids is 2. The van der Waals surface area contributed by atoms with E-state index in [0.717, 1.165) is 5.56 Å². The Hall–Kier alpha value is -2.53. The van der Waals surface area contributed by atoms with Gasteiger partial charge in [-0.3, -0.25) is 9.59 Å². The normalized spacial score (nSPS) is 11.8. The molecule has 5 nitrogen and oxygen atoms in total. The predicted molar refractivity (Wildman–Crippen MR) is 105 cm³/mol. The Kier molecular flexibility index (Phi) is 6.64. The fraction of sp³-hybridized carbons (Fsp3) is 0.300. The first-order valence-electron chi connectivity index (χ1n) is 8.33. The van der Waals surface area contributed by atoms with Gasteiger partial charge in [0.15, 0.2) is 0 Å². The third-order valence-corrected chi connectivity index (χ3v) is 4.21. The van der Waals surface area contributed by atoms with E-state index >= 15 is 0 Å². The van der Waals surface area contributed by atoms with Crippen molar-refractivity contribution in [3.05, 3.63) is 53.1 Å². The molecule has 0 aliphatic heterocycles. The van der Waals surface area contributed by atoms with Crippen LogP contribution in [0.2, 0.25) is 5.02 Å². The quantitative estimate of drug-likeness (QED) is 0.771. The zero-order valence-electron chi connectivity index (χ0n) is 15.3. The average Bonchev–Trinajstić information content (AvgIpc) is 2.56. The maximum atomic E-state index is 13.0. The number of carbonyl (C=O) groups is 2. The van der Waals surface area contributed by atoms with Crippen molar-refractivity contribution in [3.63, 3.8) is 0 Å². The molecule has 2 amide bonds. The summed E-state index contributed by atoms with van der Waals surface area (Å²) in [5.41, 5.74) is 1.98. The van der Waals surface area contributed by atoms with E-state index in [2.05, 4.69) is 10.6 Å². The number of methoxy groups -OCH3 is 1. The van der Waals surface area contributed by atoms with E-state index in [1.807, 2.05) is 26.0 Å². The maximum Gasteiger partial charge on any atom is 0.232 e. The molecule has 0 saturated heterocycles. The van der Waals surface area contributed by atoms with E-state index in [0.29, 0.717) is 22.1 Å². The molecule has 0 saturated carbocycles. The van der Waals surface area contributed by atoms with Crippen molar-refractivity contribution < 1.29 is 14.3 Å². The molecule has 26 heavy (non-hydrogen) atoms. The number of rotatable bonds is 6. The van der Waals surface area contributed by atoms with Crippen molar-refractivity contribution >= 4 is 34.8 Å². The molecular weight excluding hydrogens is 352 g/mol. The molecule has 0 radical (unpaired) electrons. The SMILES string of the molecule is COc1ccc(NC(C)=O)cc1NC(=O)[C@H](c1ccc(Cl)cc1)C(C)C. The van der Waals surface area contributed by atoms with Crippen LogP contribution in [0.25, 0.3) is 0 Å². The molecular formula is C20H23ClN2O3. The molecule has 0 aliphatic carbocycles. The first kappa shape index (κ1) is 19.8. The summed E-state index contributed by atoms with van der Waals surface area (Å²) in [7, 11) is 1.53. The van der Waals surface area contributed by atoms with Crippen LogP contribution in [0.4, 0.5) is 11.4 Å². The highest BCUT2D eigenvalue weighted by molar-refractivity contribution is 6.30. The minimum Gasteiger partial charge on any atom is -0.495 e. The summed E-state index contributed by atoms with van der Waals surface area (Å²) in [4.78, 5) is 24.2. The first-order valence-corrected chi connectivity index (χ1v) is 8.71. The van der Waals surface area contributed by atoms with Gasteiger partial charge >= 0.3 is 0 Å². The number of ether oxygens (including phenoxy) is 1. The smallest absolute Gasteiger partial charge is 0.232 e. The molecule has 2 aromatic carbocycles. The van der Waals surface area contributed by atoms with Gasteiger partial charge in [-0.1, -0.05) is 37.6 Å². The molecule has 1 atom stereocenters. The van der Waals surface area contributed by atoms with Gasteiger partial charge in [0, 0.05) is 17.6 Å². The topological polar surface area (TPSA) is 67.4 Å². The van der Waals surface area contributed by atoms with Crippen LogP contribution < -0.4 is 15.4 Å². The molecule has 2 N–H and O–H groups in total. The summed E-state index contributed by atoms with van der Waals surface area (Å²) in [6.45, 7) is 5.41. The lowest BCUT2D eigenvalue weighted by molar-refractivity contribution is -0.118. The van der Waals surface area contributed by atoms with Crippen LogP contribution in [0.3, 0.4) is 0 Å². The lowest BCUT2D eigenvalue weighted by atomic mass is 9.87. The van der Waals surface area contributed by atoms with Crippen LogP contribution in [0.5, 0.6) is 5.75 Å². The molecule has 138 valence electrons. The van der Waals surface area contributed by atoms with Gasteiger partial charge in [0.1, 0.15) is 5.75 Å². The van der Waals surface area contributed by atoms with Crippen LogP contribution >= 0.6 is 11.6 Å². The Morgan fingerprint density at radius 3 is 2.23 bits per heavy atom. The fourth-order valence-electron chi connectivity index (χ4n) is 2.81. The largest absolute Gasteiger partial charge is 0.495 e. The molecule has 0 fully saturated rings. The second kappa shape index (κ2) is 8.72. The van der Waals surface area contributed by atoms with E-state index in [1.54, 1.807) is 30.3 Å². The van der Waals surface area contributed by atoms with Crippen LogP contribution in [-0.2, 0) is 9.59 Å². The highest BCUT2D eigenvalue weighted by Crippen LogP contribution is 2.32. The lowest BCUT2D eigenvalue weighted by Crippen LogP contribution is -2.25. The van der Waals surface area contributed by atoms with Gasteiger partial charge in [-0.25, -0.2) is 0 Å². The Balaban J connectivity index is 2.30. The molecule has 2 rings (SSSR count). The van der Waals surface area contributed by atoms with Crippen LogP contribution in [-0.4, -0.2) is 18.9 Å². The molecule has 2 aromatic rings. The first-order chi connectivity index (χ1) is 12.3. The number of amides is 2. The molecule has 0 unspecified atom stereocenters. The van der Waals surface area contributed by atoms with Crippen molar-refractivity contribution in [3.8, 4) is 5.75 Å². The molecule has 0 bridgehead atoms. The van der Waals surface area contributed by atoms with Gasteiger partial charge in [-0.05, 0) is 41.8 Å². The number of hydrogen-bond donors (Lipinski definition) is 2.